The number of rotatable bonds is 4. The number of carbonyl (C=O) groups is 1. The number of nitrogens with zero attached hydrogens (tertiary/aromatic N) is 4. The van der Waals surface area contributed by atoms with Crippen molar-refractivity contribution in [2.45, 2.75) is 12.8 Å². The quantitative estimate of drug-likeness (QED) is 0.859. The zero-order chi connectivity index (χ0) is 16.9. The summed E-state index contributed by atoms with van der Waals surface area (Å²) in [5.41, 5.74) is 1.06. The van der Waals surface area contributed by atoms with E-state index in [2.05, 4.69) is 14.9 Å². The molecule has 1 aliphatic heterocycles. The third-order valence-electron chi connectivity index (χ3n) is 4.39. The summed E-state index contributed by atoms with van der Waals surface area (Å²) in [6, 6.07) is 9.92. The Hall–Kier alpha value is -2.63. The van der Waals surface area contributed by atoms with Gasteiger partial charge in [0.25, 0.3) is 0 Å². The maximum atomic E-state index is 12.7. The van der Waals surface area contributed by atoms with E-state index in [0.29, 0.717) is 19.0 Å². The van der Waals surface area contributed by atoms with Gasteiger partial charge in [-0.15, -0.1) is 0 Å². The van der Waals surface area contributed by atoms with Gasteiger partial charge in [-0.25, -0.2) is 0 Å². The molecule has 0 bridgehead atoms. The smallest absolute Gasteiger partial charge is 0.233 e. The topological polar surface area (TPSA) is 58.6 Å². The van der Waals surface area contributed by atoms with Gasteiger partial charge in [0.15, 0.2) is 5.82 Å². The van der Waals surface area contributed by atoms with E-state index in [-0.39, 0.29) is 11.8 Å². The second-order valence-corrected chi connectivity index (χ2v) is 5.86. The van der Waals surface area contributed by atoms with Gasteiger partial charge in [0.05, 0.1) is 25.4 Å². The first-order valence-corrected chi connectivity index (χ1v) is 8.13. The molecule has 6 heteroatoms. The highest BCUT2D eigenvalue weighted by Crippen LogP contribution is 2.20. The first-order chi connectivity index (χ1) is 11.7. The molecule has 3 rings (SSSR count). The van der Waals surface area contributed by atoms with Gasteiger partial charge in [-0.3, -0.25) is 9.78 Å². The van der Waals surface area contributed by atoms with Crippen LogP contribution in [0.3, 0.4) is 0 Å². The number of methoxy groups -OCH3 is 1. The molecule has 2 aromatic rings. The molecule has 24 heavy (non-hydrogen) atoms. The molecule has 0 N–H and O–H groups in total. The number of ether oxygens (including phenoxy) is 1. The fourth-order valence-electron chi connectivity index (χ4n) is 2.90. The molecule has 0 radical (unpaired) electrons. The molecule has 0 unspecified atom stereocenters. The van der Waals surface area contributed by atoms with Crippen molar-refractivity contribution in [3.05, 3.63) is 48.3 Å². The van der Waals surface area contributed by atoms with Crippen LogP contribution in [0.4, 0.5) is 5.82 Å². The molecule has 126 valence electrons. The van der Waals surface area contributed by atoms with Crippen LogP contribution in [0.25, 0.3) is 0 Å². The van der Waals surface area contributed by atoms with Crippen LogP contribution in [0.1, 0.15) is 18.4 Å². The Morgan fingerprint density at radius 2 is 1.83 bits per heavy atom. The van der Waals surface area contributed by atoms with Crippen LogP contribution in [-0.4, -0.2) is 54.1 Å². The third-order valence-corrected chi connectivity index (χ3v) is 4.39. The summed E-state index contributed by atoms with van der Waals surface area (Å²) in [6.45, 7) is 4.84. The first kappa shape index (κ1) is 16.2. The Morgan fingerprint density at radius 1 is 1.12 bits per heavy atom. The number of anilines is 1. The molecule has 0 saturated carbocycles. The van der Waals surface area contributed by atoms with Crippen molar-refractivity contribution in [3.8, 4) is 5.88 Å². The average molecular weight is 326 g/mol. The lowest BCUT2D eigenvalue weighted by atomic mass is 9.99. The van der Waals surface area contributed by atoms with E-state index in [1.54, 1.807) is 19.5 Å². The number of piperazine rings is 1. The van der Waals surface area contributed by atoms with Gasteiger partial charge in [-0.2, -0.15) is 4.98 Å². The highest BCUT2D eigenvalue weighted by atomic mass is 16.5. The Bertz CT molecular complexity index is 684. The van der Waals surface area contributed by atoms with Gasteiger partial charge in [0.2, 0.25) is 11.8 Å². The molecule has 0 aliphatic carbocycles. The van der Waals surface area contributed by atoms with E-state index in [0.717, 1.165) is 24.5 Å². The van der Waals surface area contributed by atoms with Gasteiger partial charge in [0, 0.05) is 26.2 Å². The minimum atomic E-state index is -0.116. The maximum Gasteiger partial charge on any atom is 0.233 e. The molecular formula is C18H22N4O2. The number of benzene rings is 1. The lowest BCUT2D eigenvalue weighted by molar-refractivity contribution is -0.132. The zero-order valence-electron chi connectivity index (χ0n) is 14.1. The van der Waals surface area contributed by atoms with Gasteiger partial charge in [-0.05, 0) is 12.5 Å². The predicted octanol–water partition coefficient (Wildman–Crippen LogP) is 1.94. The molecule has 1 aromatic heterocycles. The van der Waals surface area contributed by atoms with Crippen LogP contribution in [0.2, 0.25) is 0 Å². The minimum Gasteiger partial charge on any atom is -0.480 e. The second-order valence-electron chi connectivity index (χ2n) is 5.86. The SMILES string of the molecule is COc1cncc(N2CCN(C(=O)[C@H](C)c3ccccc3)CC2)n1. The summed E-state index contributed by atoms with van der Waals surface area (Å²) < 4.78 is 5.12. The third kappa shape index (κ3) is 3.48. The minimum absolute atomic E-state index is 0.116. The fraction of sp³-hybridized carbons (Fsp3) is 0.389. The van der Waals surface area contributed by atoms with E-state index in [9.17, 15) is 4.79 Å². The molecule has 1 amide bonds. The summed E-state index contributed by atoms with van der Waals surface area (Å²) in [7, 11) is 1.58. The second kappa shape index (κ2) is 7.29. The van der Waals surface area contributed by atoms with E-state index in [1.807, 2.05) is 42.2 Å². The largest absolute Gasteiger partial charge is 0.480 e. The van der Waals surface area contributed by atoms with Crippen LogP contribution < -0.4 is 9.64 Å². The highest BCUT2D eigenvalue weighted by Gasteiger charge is 2.26. The van der Waals surface area contributed by atoms with Crippen molar-refractivity contribution in [2.24, 2.45) is 0 Å². The summed E-state index contributed by atoms with van der Waals surface area (Å²) >= 11 is 0. The van der Waals surface area contributed by atoms with Crippen LogP contribution in [0, 0.1) is 0 Å². The number of amides is 1. The number of carbonyl (C=O) groups excluding carboxylic acids is 1. The summed E-state index contributed by atoms with van der Waals surface area (Å²) in [6.07, 6.45) is 3.32. The zero-order valence-corrected chi connectivity index (χ0v) is 14.1. The molecule has 1 aliphatic rings. The predicted molar refractivity (Wildman–Crippen MR) is 92.2 cm³/mol. The lowest BCUT2D eigenvalue weighted by Gasteiger charge is -2.36. The molecule has 0 spiro atoms. The van der Waals surface area contributed by atoms with Crippen molar-refractivity contribution in [1.29, 1.82) is 0 Å². The van der Waals surface area contributed by atoms with Crippen molar-refractivity contribution in [3.63, 3.8) is 0 Å². The molecule has 1 aromatic carbocycles. The van der Waals surface area contributed by atoms with Gasteiger partial charge in [0.1, 0.15) is 0 Å². The van der Waals surface area contributed by atoms with Crippen molar-refractivity contribution in [1.82, 2.24) is 14.9 Å². The fourth-order valence-corrected chi connectivity index (χ4v) is 2.90. The monoisotopic (exact) mass is 326 g/mol. The summed E-state index contributed by atoms with van der Waals surface area (Å²) in [5.74, 6) is 1.35. The van der Waals surface area contributed by atoms with Gasteiger partial charge in [-0.1, -0.05) is 30.3 Å². The first-order valence-electron chi connectivity index (χ1n) is 8.13. The molecule has 1 fully saturated rings. The number of aromatic nitrogens is 2. The van der Waals surface area contributed by atoms with Crippen molar-refractivity contribution >= 4 is 11.7 Å². The van der Waals surface area contributed by atoms with Crippen LogP contribution in [0.15, 0.2) is 42.7 Å². The van der Waals surface area contributed by atoms with E-state index < -0.39 is 0 Å². The van der Waals surface area contributed by atoms with Crippen LogP contribution in [-0.2, 0) is 4.79 Å². The maximum absolute atomic E-state index is 12.7. The van der Waals surface area contributed by atoms with E-state index in [1.165, 1.54) is 0 Å². The van der Waals surface area contributed by atoms with Gasteiger partial charge < -0.3 is 14.5 Å². The molecule has 1 atom stereocenters. The number of hydrogen-bond acceptors (Lipinski definition) is 5. The van der Waals surface area contributed by atoms with Crippen molar-refractivity contribution in [2.75, 3.05) is 38.2 Å². The molecular weight excluding hydrogens is 304 g/mol. The Kier molecular flexibility index (Phi) is 4.93. The van der Waals surface area contributed by atoms with E-state index >= 15 is 0 Å². The average Bonchev–Trinajstić information content (AvgIpc) is 2.67. The Morgan fingerprint density at radius 3 is 2.50 bits per heavy atom. The van der Waals surface area contributed by atoms with Crippen LogP contribution >= 0.6 is 0 Å². The normalized spacial score (nSPS) is 15.9. The Labute approximate surface area is 142 Å². The summed E-state index contributed by atoms with van der Waals surface area (Å²) in [5, 5.41) is 0. The molecule has 1 saturated heterocycles. The highest BCUT2D eigenvalue weighted by molar-refractivity contribution is 5.83. The van der Waals surface area contributed by atoms with Crippen LogP contribution in [0.5, 0.6) is 5.88 Å². The number of hydrogen-bond donors (Lipinski definition) is 0. The summed E-state index contributed by atoms with van der Waals surface area (Å²) in [4.78, 5) is 25.3. The molecule has 6 nitrogen and oxygen atoms in total. The van der Waals surface area contributed by atoms with Crippen molar-refractivity contribution < 1.29 is 9.53 Å². The standard InChI is InChI=1S/C18H22N4O2/c1-14(15-6-4-3-5-7-15)18(23)22-10-8-21(9-11-22)16-12-19-13-17(20-16)24-2/h3-7,12-14H,8-11H2,1-2H3/t14-/m1/s1. The molecule has 2 heterocycles. The van der Waals surface area contributed by atoms with Gasteiger partial charge >= 0.3 is 0 Å². The lowest BCUT2D eigenvalue weighted by Crippen LogP contribution is -2.50. The Balaban J connectivity index is 1.61. The van der Waals surface area contributed by atoms with E-state index in [4.69, 9.17) is 4.74 Å².